The van der Waals surface area contributed by atoms with E-state index >= 15 is 0 Å². The van der Waals surface area contributed by atoms with Crippen molar-refractivity contribution in [1.29, 1.82) is 0 Å². The fourth-order valence-corrected chi connectivity index (χ4v) is 3.35. The lowest BCUT2D eigenvalue weighted by atomic mass is 10.1. The molecule has 138 valence electrons. The summed E-state index contributed by atoms with van der Waals surface area (Å²) in [5.41, 5.74) is 1.18. The van der Waals surface area contributed by atoms with Crippen molar-refractivity contribution in [3.8, 4) is 11.3 Å². The molecular formula is C18H15N3O5S. The molecule has 0 bridgehead atoms. The highest BCUT2D eigenvalue weighted by Crippen LogP contribution is 2.23. The van der Waals surface area contributed by atoms with Crippen molar-refractivity contribution in [1.82, 2.24) is 9.71 Å². The maximum atomic E-state index is 12.5. The SMILES string of the molecule is CC(=O)NS(=O)(=O)c1ccc(NC(=O)c2ncoc2-c2ccccc2)cc1. The lowest BCUT2D eigenvalue weighted by Crippen LogP contribution is -2.28. The summed E-state index contributed by atoms with van der Waals surface area (Å²) in [7, 11) is -3.93. The molecule has 8 nitrogen and oxygen atoms in total. The van der Waals surface area contributed by atoms with E-state index in [9.17, 15) is 18.0 Å². The fraction of sp³-hybridized carbons (Fsp3) is 0.0556. The summed E-state index contributed by atoms with van der Waals surface area (Å²) in [6.07, 6.45) is 1.18. The molecule has 2 amide bonds. The summed E-state index contributed by atoms with van der Waals surface area (Å²) in [5.74, 6) is -0.857. The number of rotatable bonds is 5. The third kappa shape index (κ3) is 4.21. The lowest BCUT2D eigenvalue weighted by Gasteiger charge is -2.07. The van der Waals surface area contributed by atoms with Crippen LogP contribution in [0.4, 0.5) is 5.69 Å². The molecule has 27 heavy (non-hydrogen) atoms. The Hall–Kier alpha value is -3.46. The fourth-order valence-electron chi connectivity index (χ4n) is 2.36. The van der Waals surface area contributed by atoms with E-state index < -0.39 is 21.8 Å². The molecule has 3 rings (SSSR count). The van der Waals surface area contributed by atoms with Gasteiger partial charge in [0.05, 0.1) is 4.90 Å². The second-order valence-corrected chi connectivity index (χ2v) is 7.22. The highest BCUT2D eigenvalue weighted by Gasteiger charge is 2.19. The van der Waals surface area contributed by atoms with E-state index in [1.54, 1.807) is 12.1 Å². The molecule has 2 aromatic carbocycles. The number of hydrogen-bond acceptors (Lipinski definition) is 6. The predicted molar refractivity (Wildman–Crippen MR) is 97.3 cm³/mol. The summed E-state index contributed by atoms with van der Waals surface area (Å²) in [6.45, 7) is 1.11. The molecule has 1 heterocycles. The first-order valence-corrected chi connectivity index (χ1v) is 9.29. The van der Waals surface area contributed by atoms with Crippen molar-refractivity contribution in [3.05, 3.63) is 66.7 Å². The first-order valence-electron chi connectivity index (χ1n) is 7.80. The van der Waals surface area contributed by atoms with Crippen LogP contribution in [0.2, 0.25) is 0 Å². The van der Waals surface area contributed by atoms with Gasteiger partial charge in [-0.15, -0.1) is 0 Å². The summed E-state index contributed by atoms with van der Waals surface area (Å²) < 4.78 is 31.0. The smallest absolute Gasteiger partial charge is 0.278 e. The summed E-state index contributed by atoms with van der Waals surface area (Å²) in [4.78, 5) is 27.3. The van der Waals surface area contributed by atoms with E-state index in [2.05, 4.69) is 10.3 Å². The molecule has 0 saturated heterocycles. The molecule has 9 heteroatoms. The van der Waals surface area contributed by atoms with Crippen LogP contribution in [0, 0.1) is 0 Å². The van der Waals surface area contributed by atoms with Crippen LogP contribution in [0.25, 0.3) is 11.3 Å². The molecule has 1 aromatic heterocycles. The normalized spacial score (nSPS) is 11.0. The van der Waals surface area contributed by atoms with Gasteiger partial charge in [-0.1, -0.05) is 30.3 Å². The number of carbonyl (C=O) groups excluding carboxylic acids is 2. The Labute approximate surface area is 155 Å². The van der Waals surface area contributed by atoms with E-state index in [0.717, 1.165) is 6.92 Å². The van der Waals surface area contributed by atoms with Crippen LogP contribution in [0.1, 0.15) is 17.4 Å². The van der Waals surface area contributed by atoms with Crippen LogP contribution < -0.4 is 10.0 Å². The second-order valence-electron chi connectivity index (χ2n) is 5.54. The molecule has 0 aliphatic rings. The van der Waals surface area contributed by atoms with E-state index in [1.165, 1.54) is 30.7 Å². The molecule has 3 aromatic rings. The number of carbonyl (C=O) groups is 2. The first kappa shape index (κ1) is 18.3. The van der Waals surface area contributed by atoms with Crippen molar-refractivity contribution in [2.24, 2.45) is 0 Å². The van der Waals surface area contributed by atoms with Crippen LogP contribution in [0.15, 0.2) is 70.3 Å². The second kappa shape index (κ2) is 7.42. The van der Waals surface area contributed by atoms with Crippen LogP contribution in [-0.4, -0.2) is 25.2 Å². The molecule has 0 spiro atoms. The summed E-state index contributed by atoms with van der Waals surface area (Å²) in [6, 6.07) is 14.4. The monoisotopic (exact) mass is 385 g/mol. The van der Waals surface area contributed by atoms with Gasteiger partial charge in [0.1, 0.15) is 0 Å². The Morgan fingerprint density at radius 2 is 1.67 bits per heavy atom. The molecular weight excluding hydrogens is 370 g/mol. The Morgan fingerprint density at radius 1 is 1.00 bits per heavy atom. The van der Waals surface area contributed by atoms with Crippen LogP contribution in [0.3, 0.4) is 0 Å². The van der Waals surface area contributed by atoms with Gasteiger partial charge in [0.15, 0.2) is 17.8 Å². The molecule has 0 radical (unpaired) electrons. The number of benzene rings is 2. The van der Waals surface area contributed by atoms with Crippen molar-refractivity contribution in [3.63, 3.8) is 0 Å². The molecule has 0 unspecified atom stereocenters. The van der Waals surface area contributed by atoms with Gasteiger partial charge in [0.2, 0.25) is 5.91 Å². The van der Waals surface area contributed by atoms with E-state index in [1.807, 2.05) is 22.9 Å². The quantitative estimate of drug-likeness (QED) is 0.696. The van der Waals surface area contributed by atoms with E-state index in [4.69, 9.17) is 4.42 Å². The van der Waals surface area contributed by atoms with Crippen LogP contribution in [-0.2, 0) is 14.8 Å². The number of nitrogens with one attached hydrogen (secondary N) is 2. The summed E-state index contributed by atoms with van der Waals surface area (Å²) in [5, 5.41) is 2.63. The van der Waals surface area contributed by atoms with Crippen LogP contribution >= 0.6 is 0 Å². The average Bonchev–Trinajstić information content (AvgIpc) is 3.12. The number of aromatic nitrogens is 1. The lowest BCUT2D eigenvalue weighted by molar-refractivity contribution is -0.117. The zero-order valence-electron chi connectivity index (χ0n) is 14.2. The Bertz CT molecular complexity index is 1070. The Balaban J connectivity index is 1.78. The highest BCUT2D eigenvalue weighted by molar-refractivity contribution is 7.90. The van der Waals surface area contributed by atoms with Gasteiger partial charge >= 0.3 is 0 Å². The molecule has 2 N–H and O–H groups in total. The molecule has 0 atom stereocenters. The van der Waals surface area contributed by atoms with Crippen molar-refractivity contribution < 1.29 is 22.4 Å². The number of sulfonamides is 1. The number of nitrogens with zero attached hydrogens (tertiary/aromatic N) is 1. The van der Waals surface area contributed by atoms with Gasteiger partial charge in [0, 0.05) is 18.2 Å². The summed E-state index contributed by atoms with van der Waals surface area (Å²) >= 11 is 0. The van der Waals surface area contributed by atoms with Gasteiger partial charge < -0.3 is 9.73 Å². The number of oxazole rings is 1. The maximum Gasteiger partial charge on any atom is 0.278 e. The molecule has 0 fully saturated rings. The molecule has 0 aliphatic heterocycles. The van der Waals surface area contributed by atoms with Gasteiger partial charge in [-0.2, -0.15) is 0 Å². The Morgan fingerprint density at radius 3 is 2.30 bits per heavy atom. The minimum Gasteiger partial charge on any atom is -0.443 e. The first-order chi connectivity index (χ1) is 12.9. The third-order valence-corrected chi connectivity index (χ3v) is 4.97. The average molecular weight is 385 g/mol. The Kier molecular flexibility index (Phi) is 5.04. The zero-order chi connectivity index (χ0) is 19.4. The van der Waals surface area contributed by atoms with Crippen molar-refractivity contribution in [2.75, 3.05) is 5.32 Å². The largest absolute Gasteiger partial charge is 0.443 e. The number of hydrogen-bond donors (Lipinski definition) is 2. The van der Waals surface area contributed by atoms with Gasteiger partial charge in [-0.25, -0.2) is 18.1 Å². The van der Waals surface area contributed by atoms with Gasteiger partial charge in [-0.3, -0.25) is 9.59 Å². The van der Waals surface area contributed by atoms with Gasteiger partial charge in [-0.05, 0) is 24.3 Å². The number of anilines is 1. The topological polar surface area (TPSA) is 118 Å². The van der Waals surface area contributed by atoms with Gasteiger partial charge in [0.25, 0.3) is 15.9 Å². The number of amides is 2. The van der Waals surface area contributed by atoms with Crippen LogP contribution in [0.5, 0.6) is 0 Å². The van der Waals surface area contributed by atoms with Crippen molar-refractivity contribution >= 4 is 27.5 Å². The minimum absolute atomic E-state index is 0.0953. The standard InChI is InChI=1S/C18H15N3O5S/c1-12(22)21-27(24,25)15-9-7-14(8-10-15)20-18(23)16-17(26-11-19-16)13-5-3-2-4-6-13/h2-11H,1H3,(H,20,23)(H,21,22). The van der Waals surface area contributed by atoms with E-state index in [-0.39, 0.29) is 10.6 Å². The zero-order valence-corrected chi connectivity index (χ0v) is 15.0. The molecule has 0 saturated carbocycles. The minimum atomic E-state index is -3.93. The highest BCUT2D eigenvalue weighted by atomic mass is 32.2. The third-order valence-electron chi connectivity index (χ3n) is 3.52. The van der Waals surface area contributed by atoms with E-state index in [0.29, 0.717) is 17.0 Å². The maximum absolute atomic E-state index is 12.5. The van der Waals surface area contributed by atoms with Crippen molar-refractivity contribution in [2.45, 2.75) is 11.8 Å². The molecule has 0 aliphatic carbocycles. The predicted octanol–water partition coefficient (Wildman–Crippen LogP) is 2.42.